The lowest BCUT2D eigenvalue weighted by molar-refractivity contribution is 0.613. The van der Waals surface area contributed by atoms with Gasteiger partial charge in [0.1, 0.15) is 0 Å². The van der Waals surface area contributed by atoms with Crippen LogP contribution in [0.1, 0.15) is 23.4 Å². The van der Waals surface area contributed by atoms with Crippen LogP contribution in [0.5, 0.6) is 0 Å². The number of nitrogens with one attached hydrogen (secondary N) is 1. The van der Waals surface area contributed by atoms with Crippen LogP contribution in [0.4, 0.5) is 0 Å². The number of halogens is 2. The second kappa shape index (κ2) is 6.53. The van der Waals surface area contributed by atoms with Gasteiger partial charge in [0.15, 0.2) is 0 Å². The Kier molecular flexibility index (Phi) is 5.01. The second-order valence-corrected chi connectivity index (χ2v) is 5.91. The first-order valence-corrected chi connectivity index (χ1v) is 7.34. The average molecular weight is 301 g/mol. The van der Waals surface area contributed by atoms with E-state index in [2.05, 4.69) is 17.2 Å². The molecule has 2 nitrogen and oxygen atoms in total. The minimum atomic E-state index is 0.406. The lowest BCUT2D eigenvalue weighted by atomic mass is 10.2. The number of rotatable bonds is 5. The molecule has 0 radical (unpaired) electrons. The number of hydrogen-bond donors (Lipinski definition) is 1. The third-order valence-electron chi connectivity index (χ3n) is 2.65. The molecule has 2 rings (SSSR count). The van der Waals surface area contributed by atoms with Gasteiger partial charge in [-0.15, -0.1) is 11.3 Å². The maximum Gasteiger partial charge on any atom is 0.0965 e. The molecule has 0 bridgehead atoms. The molecule has 1 N–H and O–H groups in total. The smallest absolute Gasteiger partial charge is 0.0965 e. The lowest BCUT2D eigenvalue weighted by Crippen LogP contribution is -2.19. The molecule has 2 aromatic rings. The first kappa shape index (κ1) is 13.8. The van der Waals surface area contributed by atoms with Crippen molar-refractivity contribution < 1.29 is 0 Å². The van der Waals surface area contributed by atoms with E-state index in [1.165, 1.54) is 0 Å². The Hall–Kier alpha value is -0.610. The molecule has 96 valence electrons. The number of thiazole rings is 1. The molecular weight excluding hydrogens is 287 g/mol. The summed E-state index contributed by atoms with van der Waals surface area (Å²) < 4.78 is 0. The summed E-state index contributed by atoms with van der Waals surface area (Å²) in [6, 6.07) is 5.52. The van der Waals surface area contributed by atoms with E-state index in [-0.39, 0.29) is 0 Å². The zero-order valence-corrected chi connectivity index (χ0v) is 12.3. The summed E-state index contributed by atoms with van der Waals surface area (Å²) in [6.07, 6.45) is 1.84. The van der Waals surface area contributed by atoms with Crippen LogP contribution in [-0.4, -0.2) is 11.5 Å². The van der Waals surface area contributed by atoms with Gasteiger partial charge >= 0.3 is 0 Å². The SMILES string of the molecule is CC(CNCc1cc(Cl)ccc1Cl)c1nccs1. The van der Waals surface area contributed by atoms with Crippen LogP contribution < -0.4 is 5.32 Å². The van der Waals surface area contributed by atoms with Crippen molar-refractivity contribution in [2.24, 2.45) is 0 Å². The lowest BCUT2D eigenvalue weighted by Gasteiger charge is -2.11. The van der Waals surface area contributed by atoms with Crippen LogP contribution in [0.2, 0.25) is 10.0 Å². The van der Waals surface area contributed by atoms with Crippen molar-refractivity contribution in [3.05, 3.63) is 50.4 Å². The summed E-state index contributed by atoms with van der Waals surface area (Å²) in [4.78, 5) is 4.30. The van der Waals surface area contributed by atoms with E-state index in [4.69, 9.17) is 23.2 Å². The van der Waals surface area contributed by atoms with Gasteiger partial charge in [0.25, 0.3) is 0 Å². The zero-order chi connectivity index (χ0) is 13.0. The maximum absolute atomic E-state index is 6.10. The zero-order valence-electron chi connectivity index (χ0n) is 9.99. The summed E-state index contributed by atoms with van der Waals surface area (Å²) >= 11 is 13.7. The van der Waals surface area contributed by atoms with Gasteiger partial charge in [0.2, 0.25) is 0 Å². The highest BCUT2D eigenvalue weighted by Crippen LogP contribution is 2.21. The molecule has 0 aliphatic carbocycles. The summed E-state index contributed by atoms with van der Waals surface area (Å²) in [5.74, 6) is 0.406. The Morgan fingerprint density at radius 3 is 2.94 bits per heavy atom. The van der Waals surface area contributed by atoms with Crippen LogP contribution in [0.3, 0.4) is 0 Å². The molecule has 0 spiro atoms. The van der Waals surface area contributed by atoms with Gasteiger partial charge in [-0.05, 0) is 23.8 Å². The fourth-order valence-corrected chi connectivity index (χ4v) is 2.74. The van der Waals surface area contributed by atoms with Gasteiger partial charge in [-0.1, -0.05) is 30.1 Å². The molecule has 1 aromatic carbocycles. The third kappa shape index (κ3) is 3.69. The van der Waals surface area contributed by atoms with E-state index in [0.717, 1.165) is 28.7 Å². The summed E-state index contributed by atoms with van der Waals surface area (Å²) in [5.41, 5.74) is 1.02. The molecule has 0 saturated carbocycles. The fourth-order valence-electron chi connectivity index (χ4n) is 1.67. The second-order valence-electron chi connectivity index (χ2n) is 4.14. The van der Waals surface area contributed by atoms with Crippen molar-refractivity contribution in [2.45, 2.75) is 19.4 Å². The van der Waals surface area contributed by atoms with Gasteiger partial charge in [-0.25, -0.2) is 4.98 Å². The number of benzene rings is 1. The Morgan fingerprint density at radius 1 is 1.39 bits per heavy atom. The monoisotopic (exact) mass is 300 g/mol. The van der Waals surface area contributed by atoms with Crippen molar-refractivity contribution in [1.29, 1.82) is 0 Å². The first-order valence-electron chi connectivity index (χ1n) is 5.71. The summed E-state index contributed by atoms with van der Waals surface area (Å²) in [5, 5.41) is 7.99. The minimum Gasteiger partial charge on any atom is -0.312 e. The summed E-state index contributed by atoms with van der Waals surface area (Å²) in [6.45, 7) is 3.75. The van der Waals surface area contributed by atoms with Gasteiger partial charge < -0.3 is 5.32 Å². The topological polar surface area (TPSA) is 24.9 Å². The van der Waals surface area contributed by atoms with Crippen LogP contribution in [-0.2, 0) is 6.54 Å². The molecule has 18 heavy (non-hydrogen) atoms. The molecule has 0 aliphatic rings. The highest BCUT2D eigenvalue weighted by atomic mass is 35.5. The van der Waals surface area contributed by atoms with Gasteiger partial charge in [0, 0.05) is 40.6 Å². The fraction of sp³-hybridized carbons (Fsp3) is 0.308. The van der Waals surface area contributed by atoms with Crippen molar-refractivity contribution in [1.82, 2.24) is 10.3 Å². The number of nitrogens with zero attached hydrogens (tertiary/aromatic N) is 1. The first-order chi connectivity index (χ1) is 8.66. The molecule has 1 heterocycles. The molecule has 0 aliphatic heterocycles. The largest absolute Gasteiger partial charge is 0.312 e. The van der Waals surface area contributed by atoms with E-state index < -0.39 is 0 Å². The van der Waals surface area contributed by atoms with Crippen molar-refractivity contribution in [3.63, 3.8) is 0 Å². The molecular formula is C13H14Cl2N2S. The molecule has 0 saturated heterocycles. The van der Waals surface area contributed by atoms with E-state index in [1.807, 2.05) is 23.7 Å². The molecule has 0 fully saturated rings. The average Bonchev–Trinajstić information content (AvgIpc) is 2.87. The van der Waals surface area contributed by atoms with Gasteiger partial charge in [-0.3, -0.25) is 0 Å². The van der Waals surface area contributed by atoms with E-state index in [0.29, 0.717) is 10.9 Å². The Labute approximate surface area is 121 Å². The Balaban J connectivity index is 1.87. The van der Waals surface area contributed by atoms with E-state index in [1.54, 1.807) is 17.4 Å². The van der Waals surface area contributed by atoms with Gasteiger partial charge in [0.05, 0.1) is 5.01 Å². The molecule has 1 unspecified atom stereocenters. The standard InChI is InChI=1S/C13H14Cl2N2S/c1-9(13-17-4-5-18-13)7-16-8-10-6-11(14)2-3-12(10)15/h2-6,9,16H,7-8H2,1H3. The maximum atomic E-state index is 6.10. The van der Waals surface area contributed by atoms with Gasteiger partial charge in [-0.2, -0.15) is 0 Å². The van der Waals surface area contributed by atoms with Crippen LogP contribution >= 0.6 is 34.5 Å². The minimum absolute atomic E-state index is 0.406. The van der Waals surface area contributed by atoms with Crippen LogP contribution in [0, 0.1) is 0 Å². The Morgan fingerprint density at radius 2 is 2.22 bits per heavy atom. The number of aromatic nitrogens is 1. The highest BCUT2D eigenvalue weighted by Gasteiger charge is 2.08. The van der Waals surface area contributed by atoms with Crippen molar-refractivity contribution >= 4 is 34.5 Å². The van der Waals surface area contributed by atoms with Crippen molar-refractivity contribution in [2.75, 3.05) is 6.54 Å². The molecule has 0 amide bonds. The van der Waals surface area contributed by atoms with Crippen LogP contribution in [0.25, 0.3) is 0 Å². The van der Waals surface area contributed by atoms with Crippen molar-refractivity contribution in [3.8, 4) is 0 Å². The highest BCUT2D eigenvalue weighted by molar-refractivity contribution is 7.09. The predicted molar refractivity (Wildman–Crippen MR) is 78.7 cm³/mol. The van der Waals surface area contributed by atoms with E-state index in [9.17, 15) is 0 Å². The number of hydrogen-bond acceptors (Lipinski definition) is 3. The quantitative estimate of drug-likeness (QED) is 0.888. The normalized spacial score (nSPS) is 12.6. The van der Waals surface area contributed by atoms with E-state index >= 15 is 0 Å². The Bertz CT molecular complexity index is 500. The predicted octanol–water partition coefficient (Wildman–Crippen LogP) is 4.34. The molecule has 1 atom stereocenters. The third-order valence-corrected chi connectivity index (χ3v) is 4.26. The molecule has 1 aromatic heterocycles. The summed E-state index contributed by atoms with van der Waals surface area (Å²) in [7, 11) is 0. The molecule has 5 heteroatoms. The van der Waals surface area contributed by atoms with Crippen LogP contribution in [0.15, 0.2) is 29.8 Å².